The standard InChI is InChI=1S/C18H27ClN2/c19-16-6-4-5-14(10-16)9-15-11-17(20)13-21(12-15)18-7-2-1-3-8-18/h4-6,10,15,17-18H,1-3,7-9,11-13,20H2. The molecule has 3 heteroatoms. The Labute approximate surface area is 133 Å². The van der Waals surface area contributed by atoms with E-state index in [9.17, 15) is 0 Å². The zero-order chi connectivity index (χ0) is 14.7. The first-order chi connectivity index (χ1) is 10.2. The largest absolute Gasteiger partial charge is 0.327 e. The Balaban J connectivity index is 1.62. The second kappa shape index (κ2) is 7.13. The highest BCUT2D eigenvalue weighted by Gasteiger charge is 2.30. The lowest BCUT2D eigenvalue weighted by molar-refractivity contribution is 0.0870. The Bertz CT molecular complexity index is 456. The van der Waals surface area contributed by atoms with Crippen LogP contribution < -0.4 is 5.73 Å². The summed E-state index contributed by atoms with van der Waals surface area (Å²) in [5, 5.41) is 0.844. The second-order valence-electron chi connectivity index (χ2n) is 6.94. The normalized spacial score (nSPS) is 28.7. The number of hydrogen-bond donors (Lipinski definition) is 1. The molecule has 0 bridgehead atoms. The third-order valence-corrected chi connectivity index (χ3v) is 5.34. The summed E-state index contributed by atoms with van der Waals surface area (Å²) in [7, 11) is 0. The monoisotopic (exact) mass is 306 g/mol. The van der Waals surface area contributed by atoms with Crippen molar-refractivity contribution < 1.29 is 0 Å². The molecular weight excluding hydrogens is 280 g/mol. The molecule has 0 spiro atoms. The van der Waals surface area contributed by atoms with Crippen LogP contribution in [0.2, 0.25) is 5.02 Å². The first-order valence-electron chi connectivity index (χ1n) is 8.45. The van der Waals surface area contributed by atoms with E-state index < -0.39 is 0 Å². The molecule has 2 aliphatic rings. The molecule has 2 nitrogen and oxygen atoms in total. The van der Waals surface area contributed by atoms with E-state index in [1.807, 2.05) is 6.07 Å². The summed E-state index contributed by atoms with van der Waals surface area (Å²) in [6.07, 6.45) is 9.22. The molecule has 1 saturated heterocycles. The predicted octanol–water partition coefficient (Wildman–Crippen LogP) is 3.86. The van der Waals surface area contributed by atoms with Gasteiger partial charge in [-0.25, -0.2) is 0 Å². The highest BCUT2D eigenvalue weighted by molar-refractivity contribution is 6.30. The van der Waals surface area contributed by atoms with Crippen molar-refractivity contribution in [2.24, 2.45) is 11.7 Å². The van der Waals surface area contributed by atoms with Crippen LogP contribution in [-0.4, -0.2) is 30.1 Å². The maximum Gasteiger partial charge on any atom is 0.0408 e. The lowest BCUT2D eigenvalue weighted by Crippen LogP contribution is -2.51. The van der Waals surface area contributed by atoms with Gasteiger partial charge in [-0.3, -0.25) is 4.90 Å². The number of rotatable bonds is 3. The number of benzene rings is 1. The van der Waals surface area contributed by atoms with Crippen LogP contribution in [-0.2, 0) is 6.42 Å². The van der Waals surface area contributed by atoms with Crippen LogP contribution in [0.4, 0.5) is 0 Å². The van der Waals surface area contributed by atoms with Crippen molar-refractivity contribution in [1.82, 2.24) is 4.90 Å². The van der Waals surface area contributed by atoms with Crippen LogP contribution in [0.15, 0.2) is 24.3 Å². The molecule has 1 saturated carbocycles. The molecule has 1 aliphatic heterocycles. The molecule has 1 heterocycles. The number of likely N-dealkylation sites (tertiary alicyclic amines) is 1. The molecule has 2 N–H and O–H groups in total. The van der Waals surface area contributed by atoms with Gasteiger partial charge in [0.25, 0.3) is 0 Å². The Morgan fingerprint density at radius 3 is 2.71 bits per heavy atom. The molecule has 2 atom stereocenters. The summed E-state index contributed by atoms with van der Waals surface area (Å²) in [6, 6.07) is 9.42. The van der Waals surface area contributed by atoms with Crippen LogP contribution in [0.3, 0.4) is 0 Å². The van der Waals surface area contributed by atoms with Crippen LogP contribution in [0, 0.1) is 5.92 Å². The van der Waals surface area contributed by atoms with Gasteiger partial charge in [-0.05, 0) is 49.3 Å². The van der Waals surface area contributed by atoms with Crippen molar-refractivity contribution >= 4 is 11.6 Å². The summed E-state index contributed by atoms with van der Waals surface area (Å²) in [5.74, 6) is 0.675. The lowest BCUT2D eigenvalue weighted by Gasteiger charge is -2.42. The molecule has 1 aliphatic carbocycles. The van der Waals surface area contributed by atoms with Crippen LogP contribution >= 0.6 is 11.6 Å². The molecule has 2 unspecified atom stereocenters. The highest BCUT2D eigenvalue weighted by Crippen LogP contribution is 2.28. The SMILES string of the molecule is NC1CC(Cc2cccc(Cl)c2)CN(C2CCCCC2)C1. The van der Waals surface area contributed by atoms with Gasteiger partial charge in [0.15, 0.2) is 0 Å². The van der Waals surface area contributed by atoms with E-state index in [0.29, 0.717) is 12.0 Å². The van der Waals surface area contributed by atoms with Crippen molar-refractivity contribution in [3.05, 3.63) is 34.9 Å². The molecular formula is C18H27ClN2. The third kappa shape index (κ3) is 4.21. The van der Waals surface area contributed by atoms with Crippen molar-refractivity contribution in [2.45, 2.75) is 57.0 Å². The molecule has 116 valence electrons. The molecule has 0 radical (unpaired) electrons. The number of hydrogen-bond acceptors (Lipinski definition) is 2. The molecule has 1 aromatic rings. The smallest absolute Gasteiger partial charge is 0.0408 e. The van der Waals surface area contributed by atoms with E-state index in [4.69, 9.17) is 17.3 Å². The van der Waals surface area contributed by atoms with E-state index in [1.54, 1.807) is 0 Å². The molecule has 2 fully saturated rings. The van der Waals surface area contributed by atoms with Gasteiger partial charge < -0.3 is 5.73 Å². The summed E-state index contributed by atoms with van der Waals surface area (Å²) >= 11 is 6.11. The van der Waals surface area contributed by atoms with E-state index in [-0.39, 0.29) is 0 Å². The number of halogens is 1. The average Bonchev–Trinajstić information content (AvgIpc) is 2.47. The van der Waals surface area contributed by atoms with Crippen molar-refractivity contribution in [3.63, 3.8) is 0 Å². The van der Waals surface area contributed by atoms with Crippen molar-refractivity contribution in [2.75, 3.05) is 13.1 Å². The highest BCUT2D eigenvalue weighted by atomic mass is 35.5. The number of piperidine rings is 1. The predicted molar refractivity (Wildman–Crippen MR) is 89.7 cm³/mol. The fourth-order valence-electron chi connectivity index (χ4n) is 4.17. The van der Waals surface area contributed by atoms with Crippen LogP contribution in [0.5, 0.6) is 0 Å². The zero-order valence-electron chi connectivity index (χ0n) is 12.8. The van der Waals surface area contributed by atoms with Crippen LogP contribution in [0.1, 0.15) is 44.1 Å². The van der Waals surface area contributed by atoms with Crippen molar-refractivity contribution in [1.29, 1.82) is 0 Å². The van der Waals surface area contributed by atoms with Gasteiger partial charge in [-0.1, -0.05) is 43.0 Å². The zero-order valence-corrected chi connectivity index (χ0v) is 13.6. The van der Waals surface area contributed by atoms with Gasteiger partial charge in [-0.15, -0.1) is 0 Å². The third-order valence-electron chi connectivity index (χ3n) is 5.10. The number of nitrogens with zero attached hydrogens (tertiary/aromatic N) is 1. The Kier molecular flexibility index (Phi) is 5.20. The fraction of sp³-hybridized carbons (Fsp3) is 0.667. The maximum absolute atomic E-state index is 6.34. The Hall–Kier alpha value is -0.570. The lowest BCUT2D eigenvalue weighted by atomic mass is 9.86. The Morgan fingerprint density at radius 2 is 1.95 bits per heavy atom. The van der Waals surface area contributed by atoms with Gasteiger partial charge in [0.2, 0.25) is 0 Å². The van der Waals surface area contributed by atoms with Gasteiger partial charge >= 0.3 is 0 Å². The first kappa shape index (κ1) is 15.3. The molecule has 0 aromatic heterocycles. The van der Waals surface area contributed by atoms with Crippen LogP contribution in [0.25, 0.3) is 0 Å². The minimum Gasteiger partial charge on any atom is -0.327 e. The summed E-state index contributed by atoms with van der Waals surface area (Å²) in [4.78, 5) is 2.68. The second-order valence-corrected chi connectivity index (χ2v) is 7.38. The minimum atomic E-state index is 0.338. The maximum atomic E-state index is 6.34. The molecule has 1 aromatic carbocycles. The van der Waals surface area contributed by atoms with E-state index in [1.165, 1.54) is 44.2 Å². The molecule has 3 rings (SSSR count). The van der Waals surface area contributed by atoms with Crippen molar-refractivity contribution in [3.8, 4) is 0 Å². The summed E-state index contributed by atoms with van der Waals surface area (Å²) < 4.78 is 0. The quantitative estimate of drug-likeness (QED) is 0.918. The fourth-order valence-corrected chi connectivity index (χ4v) is 4.39. The summed E-state index contributed by atoms with van der Waals surface area (Å²) in [5.41, 5.74) is 7.69. The van der Waals surface area contributed by atoms with E-state index in [0.717, 1.165) is 30.5 Å². The molecule has 21 heavy (non-hydrogen) atoms. The number of nitrogens with two attached hydrogens (primary N) is 1. The summed E-state index contributed by atoms with van der Waals surface area (Å²) in [6.45, 7) is 2.31. The van der Waals surface area contributed by atoms with Gasteiger partial charge in [0.1, 0.15) is 0 Å². The molecule has 0 amide bonds. The van der Waals surface area contributed by atoms with Gasteiger partial charge in [-0.2, -0.15) is 0 Å². The van der Waals surface area contributed by atoms with E-state index in [2.05, 4.69) is 23.1 Å². The van der Waals surface area contributed by atoms with Gasteiger partial charge in [0.05, 0.1) is 0 Å². The topological polar surface area (TPSA) is 29.3 Å². The first-order valence-corrected chi connectivity index (χ1v) is 8.82. The minimum absolute atomic E-state index is 0.338. The average molecular weight is 307 g/mol. The Morgan fingerprint density at radius 1 is 1.14 bits per heavy atom. The van der Waals surface area contributed by atoms with Gasteiger partial charge in [0, 0.05) is 30.2 Å². The van der Waals surface area contributed by atoms with E-state index >= 15 is 0 Å².